The van der Waals surface area contributed by atoms with Gasteiger partial charge in [-0.25, -0.2) is 14.2 Å². The topological polar surface area (TPSA) is 77.5 Å². The molecule has 7 heteroatoms. The van der Waals surface area contributed by atoms with Gasteiger partial charge in [-0.1, -0.05) is 30.3 Å². The van der Waals surface area contributed by atoms with Crippen LogP contribution in [0.5, 0.6) is 0 Å². The number of carbonyl (C=O) groups excluding carboxylic acids is 1. The molecule has 0 saturated heterocycles. The van der Waals surface area contributed by atoms with Crippen LogP contribution in [0.4, 0.5) is 14.9 Å². The molecule has 0 spiro atoms. The Balaban J connectivity index is 1.87. The Morgan fingerprint density at radius 3 is 2.45 bits per heavy atom. The van der Waals surface area contributed by atoms with Crippen LogP contribution in [0.25, 0.3) is 0 Å². The van der Waals surface area contributed by atoms with Crippen LogP contribution < -0.4 is 21.3 Å². The number of rotatable bonds is 8. The highest BCUT2D eigenvalue weighted by Gasteiger charge is 2.04. The predicted molar refractivity (Wildman–Crippen MR) is 117 cm³/mol. The van der Waals surface area contributed by atoms with Crippen LogP contribution >= 0.6 is 0 Å². The van der Waals surface area contributed by atoms with Gasteiger partial charge in [0.2, 0.25) is 0 Å². The maximum Gasteiger partial charge on any atom is 0.319 e. The van der Waals surface area contributed by atoms with Gasteiger partial charge in [-0.05, 0) is 56.5 Å². The molecule has 0 aliphatic heterocycles. The van der Waals surface area contributed by atoms with Crippen molar-refractivity contribution in [3.63, 3.8) is 0 Å². The molecule has 0 aromatic heterocycles. The Morgan fingerprint density at radius 2 is 1.79 bits per heavy atom. The first-order valence-electron chi connectivity index (χ1n) is 9.90. The molecule has 2 rings (SSSR count). The van der Waals surface area contributed by atoms with Gasteiger partial charge in [-0.15, -0.1) is 0 Å². The van der Waals surface area contributed by atoms with Gasteiger partial charge >= 0.3 is 6.03 Å². The van der Waals surface area contributed by atoms with E-state index in [1.54, 1.807) is 12.1 Å². The van der Waals surface area contributed by atoms with E-state index in [0.29, 0.717) is 31.0 Å². The Labute approximate surface area is 172 Å². The number of benzene rings is 2. The molecule has 0 saturated carbocycles. The number of carbonyl (C=O) groups is 1. The number of hydrogen-bond acceptors (Lipinski definition) is 2. The fourth-order valence-corrected chi connectivity index (χ4v) is 2.65. The van der Waals surface area contributed by atoms with Crippen molar-refractivity contribution >= 4 is 17.7 Å². The van der Waals surface area contributed by atoms with Crippen LogP contribution in [0.1, 0.15) is 31.9 Å². The molecule has 4 N–H and O–H groups in total. The molecule has 156 valence electrons. The summed E-state index contributed by atoms with van der Waals surface area (Å²) in [5.41, 5.74) is 2.43. The summed E-state index contributed by atoms with van der Waals surface area (Å²) in [5, 5.41) is 12.0. The minimum absolute atomic E-state index is 0.0824. The molecule has 2 aromatic carbocycles. The normalized spacial score (nSPS) is 11.3. The largest absolute Gasteiger partial charge is 0.357 e. The molecular formula is C22H30FN5O. The van der Waals surface area contributed by atoms with Crippen molar-refractivity contribution in [1.82, 2.24) is 16.0 Å². The van der Waals surface area contributed by atoms with Crippen LogP contribution in [0, 0.1) is 5.82 Å². The van der Waals surface area contributed by atoms with E-state index in [1.807, 2.05) is 51.1 Å². The molecule has 0 bridgehead atoms. The summed E-state index contributed by atoms with van der Waals surface area (Å²) in [5.74, 6) is 0.495. The number of aliphatic imine (C=N–C) groups is 1. The van der Waals surface area contributed by atoms with Crippen molar-refractivity contribution in [2.24, 2.45) is 4.99 Å². The molecule has 0 radical (unpaired) electrons. The summed E-state index contributed by atoms with van der Waals surface area (Å²) in [6.07, 6.45) is 0.579. The number of urea groups is 1. The number of nitrogens with one attached hydrogen (secondary N) is 4. The van der Waals surface area contributed by atoms with Crippen molar-refractivity contribution in [3.8, 4) is 0 Å². The summed E-state index contributed by atoms with van der Waals surface area (Å²) in [7, 11) is 0. The first-order valence-corrected chi connectivity index (χ1v) is 9.90. The molecule has 2 amide bonds. The van der Waals surface area contributed by atoms with Crippen molar-refractivity contribution in [3.05, 3.63) is 65.5 Å². The number of guanidine groups is 1. The van der Waals surface area contributed by atoms with E-state index in [0.717, 1.165) is 17.8 Å². The lowest BCUT2D eigenvalue weighted by molar-refractivity contribution is 0.250. The fraction of sp³-hybridized carbons (Fsp3) is 0.364. The van der Waals surface area contributed by atoms with Crippen molar-refractivity contribution in [1.29, 1.82) is 0 Å². The Hall–Kier alpha value is -3.09. The lowest BCUT2D eigenvalue weighted by Crippen LogP contribution is -2.38. The van der Waals surface area contributed by atoms with E-state index < -0.39 is 0 Å². The number of halogens is 1. The van der Waals surface area contributed by atoms with Crippen molar-refractivity contribution in [2.45, 2.75) is 39.8 Å². The van der Waals surface area contributed by atoms with Gasteiger partial charge in [0.1, 0.15) is 5.82 Å². The zero-order chi connectivity index (χ0) is 21.1. The van der Waals surface area contributed by atoms with Crippen LogP contribution in [-0.4, -0.2) is 31.1 Å². The van der Waals surface area contributed by atoms with Crippen molar-refractivity contribution in [2.75, 3.05) is 18.4 Å². The molecule has 6 nitrogen and oxygen atoms in total. The van der Waals surface area contributed by atoms with E-state index in [4.69, 9.17) is 0 Å². The second kappa shape index (κ2) is 11.7. The zero-order valence-corrected chi connectivity index (χ0v) is 17.3. The highest BCUT2D eigenvalue weighted by molar-refractivity contribution is 5.89. The van der Waals surface area contributed by atoms with Gasteiger partial charge < -0.3 is 21.3 Å². The molecule has 2 aromatic rings. The van der Waals surface area contributed by atoms with Crippen LogP contribution in [0.3, 0.4) is 0 Å². The highest BCUT2D eigenvalue weighted by Crippen LogP contribution is 2.10. The van der Waals surface area contributed by atoms with Crippen LogP contribution in [-0.2, 0) is 13.0 Å². The van der Waals surface area contributed by atoms with E-state index in [2.05, 4.69) is 26.3 Å². The molecule has 0 aliphatic carbocycles. The third kappa shape index (κ3) is 8.21. The third-order valence-electron chi connectivity index (χ3n) is 4.04. The average Bonchev–Trinajstić information content (AvgIpc) is 2.68. The second-order valence-corrected chi connectivity index (χ2v) is 6.91. The van der Waals surface area contributed by atoms with Crippen molar-refractivity contribution < 1.29 is 9.18 Å². The summed E-state index contributed by atoms with van der Waals surface area (Å²) >= 11 is 0. The predicted octanol–water partition coefficient (Wildman–Crippen LogP) is 3.65. The minimum Gasteiger partial charge on any atom is -0.357 e. The Bertz CT molecular complexity index is 805. The van der Waals surface area contributed by atoms with E-state index in [9.17, 15) is 9.18 Å². The van der Waals surface area contributed by atoms with E-state index >= 15 is 0 Å². The molecule has 0 fully saturated rings. The summed E-state index contributed by atoms with van der Waals surface area (Å²) < 4.78 is 13.7. The first-order chi connectivity index (χ1) is 14.0. The van der Waals surface area contributed by atoms with Gasteiger partial charge in [-0.3, -0.25) is 0 Å². The van der Waals surface area contributed by atoms with Gasteiger partial charge in [0.25, 0.3) is 0 Å². The monoisotopic (exact) mass is 399 g/mol. The van der Waals surface area contributed by atoms with Crippen LogP contribution in [0.15, 0.2) is 53.5 Å². The fourth-order valence-electron chi connectivity index (χ4n) is 2.65. The maximum atomic E-state index is 13.7. The lowest BCUT2D eigenvalue weighted by atomic mass is 10.1. The standard InChI is InChI=1S/C22H30FN5O/c1-4-24-21(25-14-13-18-7-5-6-8-20(18)23)26-15-17-9-11-19(12-10-17)28-22(29)27-16(2)3/h5-12,16H,4,13-15H2,1-3H3,(H2,24,25,26)(H2,27,28,29). The maximum absolute atomic E-state index is 13.7. The minimum atomic E-state index is -0.223. The second-order valence-electron chi connectivity index (χ2n) is 6.91. The average molecular weight is 400 g/mol. The summed E-state index contributed by atoms with van der Waals surface area (Å²) in [4.78, 5) is 16.3. The molecule has 0 atom stereocenters. The SMILES string of the molecule is CCNC(=NCc1ccc(NC(=O)NC(C)C)cc1)NCCc1ccccc1F. The van der Waals surface area contributed by atoms with E-state index in [-0.39, 0.29) is 17.9 Å². The number of anilines is 1. The summed E-state index contributed by atoms with van der Waals surface area (Å²) in [6.45, 7) is 7.63. The Kier molecular flexibility index (Phi) is 8.95. The highest BCUT2D eigenvalue weighted by atomic mass is 19.1. The van der Waals surface area contributed by atoms with Gasteiger partial charge in [0.15, 0.2) is 5.96 Å². The first kappa shape index (κ1) is 22.2. The summed E-state index contributed by atoms with van der Waals surface area (Å²) in [6, 6.07) is 14.2. The number of nitrogens with zero attached hydrogens (tertiary/aromatic N) is 1. The Morgan fingerprint density at radius 1 is 1.07 bits per heavy atom. The van der Waals surface area contributed by atoms with Crippen LogP contribution in [0.2, 0.25) is 0 Å². The molecule has 0 unspecified atom stereocenters. The lowest BCUT2D eigenvalue weighted by Gasteiger charge is -2.12. The van der Waals surface area contributed by atoms with Gasteiger partial charge in [0.05, 0.1) is 6.54 Å². The molecule has 29 heavy (non-hydrogen) atoms. The quantitative estimate of drug-likeness (QED) is 0.404. The number of amides is 2. The smallest absolute Gasteiger partial charge is 0.319 e. The molecular weight excluding hydrogens is 369 g/mol. The van der Waals surface area contributed by atoms with Gasteiger partial charge in [-0.2, -0.15) is 0 Å². The van der Waals surface area contributed by atoms with Gasteiger partial charge in [0, 0.05) is 24.8 Å². The zero-order valence-electron chi connectivity index (χ0n) is 17.3. The molecule has 0 aliphatic rings. The molecule has 0 heterocycles. The third-order valence-corrected chi connectivity index (χ3v) is 4.04. The van der Waals surface area contributed by atoms with E-state index in [1.165, 1.54) is 6.07 Å². The number of hydrogen-bond donors (Lipinski definition) is 4.